The molecular weight excluding hydrogens is 338 g/mol. The van der Waals surface area contributed by atoms with Gasteiger partial charge in [-0.1, -0.05) is 0 Å². The number of nitrogens with zero attached hydrogens (tertiary/aromatic N) is 5. The number of rotatable bonds is 3. The van der Waals surface area contributed by atoms with Crippen LogP contribution in [0.2, 0.25) is 0 Å². The van der Waals surface area contributed by atoms with Gasteiger partial charge in [0.05, 0.1) is 34.0 Å². The largest absolute Gasteiger partial charge is 0.385 e. The maximum Gasteiger partial charge on any atom is 0.236 e. The Morgan fingerprint density at radius 3 is 3.16 bits per heavy atom. The van der Waals surface area contributed by atoms with Gasteiger partial charge in [0.25, 0.3) is 0 Å². The Morgan fingerprint density at radius 2 is 2.40 bits per heavy atom. The zero-order chi connectivity index (χ0) is 17.6. The van der Waals surface area contributed by atoms with Crippen molar-refractivity contribution < 1.29 is 9.90 Å². The predicted octanol–water partition coefficient (Wildman–Crippen LogP) is 2.39. The first-order valence-electron chi connectivity index (χ1n) is 8.17. The van der Waals surface area contributed by atoms with Crippen molar-refractivity contribution in [3.63, 3.8) is 0 Å². The molecule has 8 heteroatoms. The number of fused-ring (bicyclic) bond motifs is 3. The molecule has 7 nitrogen and oxygen atoms in total. The quantitative estimate of drug-likeness (QED) is 0.778. The fourth-order valence-corrected chi connectivity index (χ4v) is 4.41. The van der Waals surface area contributed by atoms with Crippen molar-refractivity contribution in [1.29, 1.82) is 5.26 Å². The lowest BCUT2D eigenvalue weighted by atomic mass is 10.2. The van der Waals surface area contributed by atoms with Crippen LogP contribution in [-0.4, -0.2) is 43.5 Å². The third-order valence-corrected chi connectivity index (χ3v) is 5.55. The van der Waals surface area contributed by atoms with Crippen LogP contribution >= 0.6 is 11.3 Å². The topological polar surface area (TPSA) is 95.0 Å². The van der Waals surface area contributed by atoms with Gasteiger partial charge in [-0.15, -0.1) is 11.3 Å². The highest BCUT2D eigenvalue weighted by atomic mass is 32.1. The molecule has 1 aliphatic heterocycles. The lowest BCUT2D eigenvalue weighted by Gasteiger charge is -2.19. The molecule has 2 atom stereocenters. The Labute approximate surface area is 148 Å². The normalized spacial score (nSPS) is 18.8. The van der Waals surface area contributed by atoms with Crippen LogP contribution in [0.25, 0.3) is 21.3 Å². The monoisotopic (exact) mass is 355 g/mol. The summed E-state index contributed by atoms with van der Waals surface area (Å²) in [6.45, 7) is 2.84. The Bertz CT molecular complexity index is 1000. The number of pyridine rings is 1. The Balaban J connectivity index is 1.83. The second kappa shape index (κ2) is 6.10. The molecule has 4 heterocycles. The molecule has 4 rings (SSSR count). The SMILES string of the molecule is CC(O)c1nc2cnc3ccsc3c2n1C1CCN(C(=O)CC#N)C1. The summed E-state index contributed by atoms with van der Waals surface area (Å²) in [5.41, 5.74) is 2.63. The number of nitriles is 1. The summed E-state index contributed by atoms with van der Waals surface area (Å²) in [7, 11) is 0. The third kappa shape index (κ3) is 2.56. The minimum absolute atomic E-state index is 0.0324. The lowest BCUT2D eigenvalue weighted by molar-refractivity contribution is -0.129. The van der Waals surface area contributed by atoms with Gasteiger partial charge < -0.3 is 14.6 Å². The zero-order valence-electron chi connectivity index (χ0n) is 13.7. The van der Waals surface area contributed by atoms with Crippen molar-refractivity contribution in [3.05, 3.63) is 23.5 Å². The van der Waals surface area contributed by atoms with Crippen molar-refractivity contribution in [2.75, 3.05) is 13.1 Å². The first-order valence-corrected chi connectivity index (χ1v) is 9.05. The minimum Gasteiger partial charge on any atom is -0.385 e. The molecule has 0 aliphatic carbocycles. The number of amides is 1. The number of likely N-dealkylation sites (tertiary alicyclic amines) is 1. The third-order valence-electron chi connectivity index (χ3n) is 4.64. The maximum absolute atomic E-state index is 12.0. The summed E-state index contributed by atoms with van der Waals surface area (Å²) in [5, 5.41) is 21.0. The molecule has 0 radical (unpaired) electrons. The highest BCUT2D eigenvalue weighted by Gasteiger charge is 2.31. The second-order valence-corrected chi connectivity index (χ2v) is 7.18. The molecule has 0 aromatic carbocycles. The van der Waals surface area contributed by atoms with Crippen LogP contribution in [0.15, 0.2) is 17.6 Å². The molecule has 25 heavy (non-hydrogen) atoms. The molecule has 0 saturated carbocycles. The summed E-state index contributed by atoms with van der Waals surface area (Å²) in [6.07, 6.45) is 1.70. The molecule has 1 saturated heterocycles. The first-order chi connectivity index (χ1) is 12.1. The van der Waals surface area contributed by atoms with Crippen molar-refractivity contribution >= 4 is 38.5 Å². The van der Waals surface area contributed by atoms with E-state index in [1.165, 1.54) is 0 Å². The van der Waals surface area contributed by atoms with E-state index < -0.39 is 6.10 Å². The number of hydrogen-bond acceptors (Lipinski definition) is 6. The number of thiophene rings is 1. The lowest BCUT2D eigenvalue weighted by Crippen LogP contribution is -2.28. The molecule has 1 fully saturated rings. The molecular formula is C17H17N5O2S. The standard InChI is InChI=1S/C17H17N5O2S/c1-10(23)17-20-13-8-19-12-4-7-25-16(12)15(13)22(17)11-3-6-21(9-11)14(24)2-5-18/h4,7-8,10-11,23H,2-3,6,9H2,1H3. The number of carbonyl (C=O) groups excluding carboxylic acids is 1. The van der Waals surface area contributed by atoms with Gasteiger partial charge >= 0.3 is 0 Å². The number of aliphatic hydroxyl groups excluding tert-OH is 1. The fraction of sp³-hybridized carbons (Fsp3) is 0.412. The van der Waals surface area contributed by atoms with Gasteiger partial charge in [0.2, 0.25) is 5.91 Å². The van der Waals surface area contributed by atoms with Crippen LogP contribution in [0.4, 0.5) is 0 Å². The molecule has 0 spiro atoms. The Kier molecular flexibility index (Phi) is 3.90. The first kappa shape index (κ1) is 16.0. The highest BCUT2D eigenvalue weighted by Crippen LogP contribution is 2.35. The fourth-order valence-electron chi connectivity index (χ4n) is 3.52. The van der Waals surface area contributed by atoms with Crippen molar-refractivity contribution in [1.82, 2.24) is 19.4 Å². The molecule has 128 valence electrons. The van der Waals surface area contributed by atoms with E-state index in [0.717, 1.165) is 27.7 Å². The van der Waals surface area contributed by atoms with E-state index in [0.29, 0.717) is 18.9 Å². The van der Waals surface area contributed by atoms with Gasteiger partial charge in [0.1, 0.15) is 23.9 Å². The van der Waals surface area contributed by atoms with Crippen LogP contribution in [0.5, 0.6) is 0 Å². The summed E-state index contributed by atoms with van der Waals surface area (Å²) < 4.78 is 3.11. The Morgan fingerprint density at radius 1 is 1.56 bits per heavy atom. The second-order valence-electron chi connectivity index (χ2n) is 6.26. The van der Waals surface area contributed by atoms with Gasteiger partial charge in [0.15, 0.2) is 0 Å². The average Bonchev–Trinajstić information content (AvgIpc) is 3.30. The maximum atomic E-state index is 12.0. The zero-order valence-corrected chi connectivity index (χ0v) is 14.5. The summed E-state index contributed by atoms with van der Waals surface area (Å²) in [4.78, 5) is 22.8. The molecule has 1 amide bonds. The van der Waals surface area contributed by atoms with Crippen LogP contribution in [0.3, 0.4) is 0 Å². The van der Waals surface area contributed by atoms with Crippen LogP contribution < -0.4 is 0 Å². The van der Waals surface area contributed by atoms with E-state index in [1.807, 2.05) is 17.5 Å². The van der Waals surface area contributed by atoms with Crippen LogP contribution in [-0.2, 0) is 4.79 Å². The van der Waals surface area contributed by atoms with E-state index in [2.05, 4.69) is 14.5 Å². The molecule has 1 N–H and O–H groups in total. The molecule has 3 aromatic rings. The smallest absolute Gasteiger partial charge is 0.236 e. The van der Waals surface area contributed by atoms with Crippen LogP contribution in [0.1, 0.15) is 37.7 Å². The van der Waals surface area contributed by atoms with Gasteiger partial charge in [-0.2, -0.15) is 5.26 Å². The van der Waals surface area contributed by atoms with Crippen molar-refractivity contribution in [2.45, 2.75) is 31.9 Å². The summed E-state index contributed by atoms with van der Waals surface area (Å²) >= 11 is 1.60. The van der Waals surface area contributed by atoms with E-state index in [1.54, 1.807) is 29.4 Å². The van der Waals surface area contributed by atoms with Gasteiger partial charge in [-0.3, -0.25) is 9.78 Å². The number of aromatic nitrogens is 3. The number of carbonyl (C=O) groups is 1. The van der Waals surface area contributed by atoms with Gasteiger partial charge in [-0.05, 0) is 24.8 Å². The highest BCUT2D eigenvalue weighted by molar-refractivity contribution is 7.18. The Hall–Kier alpha value is -2.50. The molecule has 1 aliphatic rings. The van der Waals surface area contributed by atoms with E-state index in [9.17, 15) is 9.90 Å². The van der Waals surface area contributed by atoms with Crippen LogP contribution in [0, 0.1) is 11.3 Å². The van der Waals surface area contributed by atoms with Crippen molar-refractivity contribution in [3.8, 4) is 6.07 Å². The molecule has 3 aromatic heterocycles. The minimum atomic E-state index is -0.716. The van der Waals surface area contributed by atoms with Crippen molar-refractivity contribution in [2.24, 2.45) is 0 Å². The summed E-state index contributed by atoms with van der Waals surface area (Å²) in [6, 6.07) is 3.92. The number of aliphatic hydroxyl groups is 1. The molecule has 0 bridgehead atoms. The van der Waals surface area contributed by atoms with E-state index >= 15 is 0 Å². The predicted molar refractivity (Wildman–Crippen MR) is 94.0 cm³/mol. The van der Waals surface area contributed by atoms with E-state index in [4.69, 9.17) is 5.26 Å². The van der Waals surface area contributed by atoms with Gasteiger partial charge in [0, 0.05) is 13.1 Å². The van der Waals surface area contributed by atoms with E-state index in [-0.39, 0.29) is 18.4 Å². The summed E-state index contributed by atoms with van der Waals surface area (Å²) in [5.74, 6) is 0.452. The average molecular weight is 355 g/mol. The number of hydrogen-bond donors (Lipinski definition) is 1. The molecule has 2 unspecified atom stereocenters. The number of imidazole rings is 1. The van der Waals surface area contributed by atoms with Gasteiger partial charge in [-0.25, -0.2) is 4.98 Å².